The van der Waals surface area contributed by atoms with Crippen LogP contribution >= 0.6 is 0 Å². The van der Waals surface area contributed by atoms with Crippen molar-refractivity contribution in [3.63, 3.8) is 0 Å². The summed E-state index contributed by atoms with van der Waals surface area (Å²) in [5.74, 6) is 0.814. The molecule has 170 valence electrons. The zero-order valence-electron chi connectivity index (χ0n) is 17.7. The molecule has 2 N–H and O–H groups in total. The molecule has 0 bridgehead atoms. The van der Waals surface area contributed by atoms with Crippen LogP contribution < -0.4 is 10.6 Å². The zero-order valence-corrected chi connectivity index (χ0v) is 17.7. The number of amides is 1. The van der Waals surface area contributed by atoms with Crippen LogP contribution in [0.4, 0.5) is 29.5 Å². The fourth-order valence-corrected chi connectivity index (χ4v) is 2.61. The van der Waals surface area contributed by atoms with E-state index in [4.69, 9.17) is 9.15 Å². The summed E-state index contributed by atoms with van der Waals surface area (Å²) in [7, 11) is 0. The first-order valence-corrected chi connectivity index (χ1v) is 9.70. The Morgan fingerprint density at radius 1 is 1.09 bits per heavy atom. The summed E-state index contributed by atoms with van der Waals surface area (Å²) in [6, 6.07) is 7.93. The van der Waals surface area contributed by atoms with Crippen molar-refractivity contribution in [3.05, 3.63) is 54.0 Å². The molecule has 3 aromatic rings. The Morgan fingerprint density at radius 2 is 1.81 bits per heavy atom. The van der Waals surface area contributed by atoms with Gasteiger partial charge in [-0.3, -0.25) is 0 Å². The summed E-state index contributed by atoms with van der Waals surface area (Å²) in [6.45, 7) is 5.53. The van der Waals surface area contributed by atoms with Crippen LogP contribution in [0.25, 0.3) is 11.5 Å². The van der Waals surface area contributed by atoms with Gasteiger partial charge in [0.2, 0.25) is 5.89 Å². The van der Waals surface area contributed by atoms with E-state index in [-0.39, 0.29) is 18.9 Å². The summed E-state index contributed by atoms with van der Waals surface area (Å²) in [4.78, 5) is 15.9. The molecular weight excluding hydrogens is 427 g/mol. The van der Waals surface area contributed by atoms with Gasteiger partial charge in [-0.2, -0.15) is 13.2 Å². The second-order valence-electron chi connectivity index (χ2n) is 7.78. The number of alkyl carbamates (subject to hydrolysis) is 1. The second-order valence-corrected chi connectivity index (χ2v) is 7.78. The molecule has 0 aliphatic rings. The van der Waals surface area contributed by atoms with Crippen molar-refractivity contribution in [3.8, 4) is 11.5 Å². The first kappa shape index (κ1) is 23.0. The van der Waals surface area contributed by atoms with Gasteiger partial charge in [0.15, 0.2) is 0 Å². The SMILES string of the molecule is CC(C)(C)OC(=O)NCCc1nnc(-c2cccnc2Nc2ccc(C(F)(F)F)cc2)o1. The van der Waals surface area contributed by atoms with Gasteiger partial charge in [0.05, 0.1) is 11.1 Å². The van der Waals surface area contributed by atoms with E-state index in [1.165, 1.54) is 18.3 Å². The number of ether oxygens (including phenoxy) is 1. The minimum Gasteiger partial charge on any atom is -0.444 e. The number of hydrogen-bond acceptors (Lipinski definition) is 7. The van der Waals surface area contributed by atoms with Crippen molar-refractivity contribution < 1.29 is 27.1 Å². The third-order valence-corrected chi connectivity index (χ3v) is 3.99. The Hall–Kier alpha value is -3.63. The van der Waals surface area contributed by atoms with Crippen LogP contribution in [0.1, 0.15) is 32.2 Å². The van der Waals surface area contributed by atoms with Crippen molar-refractivity contribution in [2.75, 3.05) is 11.9 Å². The number of rotatable bonds is 6. The lowest BCUT2D eigenvalue weighted by Gasteiger charge is -2.19. The Labute approximate surface area is 182 Å². The number of carbonyl (C=O) groups is 1. The van der Waals surface area contributed by atoms with Crippen molar-refractivity contribution in [2.45, 2.75) is 39.0 Å². The largest absolute Gasteiger partial charge is 0.444 e. The van der Waals surface area contributed by atoms with Gasteiger partial charge >= 0.3 is 12.3 Å². The lowest BCUT2D eigenvalue weighted by atomic mass is 10.2. The molecule has 0 aliphatic heterocycles. The normalized spacial score (nSPS) is 11.8. The summed E-state index contributed by atoms with van der Waals surface area (Å²) in [5.41, 5.74) is -0.449. The Kier molecular flexibility index (Phi) is 6.66. The number of hydrogen-bond donors (Lipinski definition) is 2. The first-order chi connectivity index (χ1) is 15.0. The van der Waals surface area contributed by atoms with Crippen LogP contribution in [-0.4, -0.2) is 33.4 Å². The summed E-state index contributed by atoms with van der Waals surface area (Å²) in [6.07, 6.45) is -3.15. The van der Waals surface area contributed by atoms with Crippen LogP contribution in [0.3, 0.4) is 0 Å². The molecule has 11 heteroatoms. The number of benzene rings is 1. The van der Waals surface area contributed by atoms with Crippen molar-refractivity contribution in [1.29, 1.82) is 0 Å². The van der Waals surface area contributed by atoms with Gasteiger partial charge in [0.25, 0.3) is 5.89 Å². The topological polar surface area (TPSA) is 102 Å². The van der Waals surface area contributed by atoms with Crippen LogP contribution in [-0.2, 0) is 17.3 Å². The molecule has 0 fully saturated rings. The van der Waals surface area contributed by atoms with E-state index >= 15 is 0 Å². The fraction of sp³-hybridized carbons (Fsp3) is 0.333. The highest BCUT2D eigenvalue weighted by molar-refractivity contribution is 5.73. The highest BCUT2D eigenvalue weighted by Crippen LogP contribution is 2.31. The van der Waals surface area contributed by atoms with E-state index in [1.807, 2.05) is 0 Å². The second kappa shape index (κ2) is 9.25. The van der Waals surface area contributed by atoms with E-state index in [0.29, 0.717) is 23.0 Å². The minimum absolute atomic E-state index is 0.180. The van der Waals surface area contributed by atoms with Crippen molar-refractivity contribution in [2.24, 2.45) is 0 Å². The number of anilines is 2. The number of pyridine rings is 1. The van der Waals surface area contributed by atoms with Crippen LogP contribution in [0.5, 0.6) is 0 Å². The Bertz CT molecular complexity index is 1060. The molecule has 2 heterocycles. The number of carbonyl (C=O) groups excluding carboxylic acids is 1. The van der Waals surface area contributed by atoms with Gasteiger partial charge in [0, 0.05) is 24.8 Å². The zero-order chi connectivity index (χ0) is 23.4. The molecule has 0 atom stereocenters. The molecule has 0 aliphatic carbocycles. The average molecular weight is 449 g/mol. The van der Waals surface area contributed by atoms with Crippen LogP contribution in [0.2, 0.25) is 0 Å². The van der Waals surface area contributed by atoms with E-state index in [1.54, 1.807) is 32.9 Å². The molecule has 3 rings (SSSR count). The summed E-state index contributed by atoms with van der Waals surface area (Å²) in [5, 5.41) is 13.5. The molecular formula is C21H22F3N5O3. The molecule has 1 amide bonds. The van der Waals surface area contributed by atoms with Gasteiger partial charge in [0.1, 0.15) is 11.4 Å². The molecule has 0 unspecified atom stereocenters. The van der Waals surface area contributed by atoms with Gasteiger partial charge in [-0.1, -0.05) is 0 Å². The average Bonchev–Trinajstić information content (AvgIpc) is 3.15. The van der Waals surface area contributed by atoms with E-state index in [9.17, 15) is 18.0 Å². The minimum atomic E-state index is -4.41. The van der Waals surface area contributed by atoms with Gasteiger partial charge in [-0.15, -0.1) is 10.2 Å². The van der Waals surface area contributed by atoms with E-state index < -0.39 is 23.4 Å². The molecule has 0 saturated carbocycles. The van der Waals surface area contributed by atoms with E-state index in [0.717, 1.165) is 12.1 Å². The molecule has 1 aromatic carbocycles. The standard InChI is InChI=1S/C21H22F3N5O3/c1-20(2,3)32-19(30)26-12-10-16-28-29-18(31-16)15-5-4-11-25-17(15)27-14-8-6-13(7-9-14)21(22,23)24/h4-9,11H,10,12H2,1-3H3,(H,25,27)(H,26,30). The molecule has 0 spiro atoms. The number of nitrogens with one attached hydrogen (secondary N) is 2. The van der Waals surface area contributed by atoms with Crippen LogP contribution in [0.15, 0.2) is 47.0 Å². The number of halogens is 3. The van der Waals surface area contributed by atoms with Gasteiger partial charge < -0.3 is 19.8 Å². The molecule has 0 saturated heterocycles. The predicted octanol–water partition coefficient (Wildman–Crippen LogP) is 4.96. The Morgan fingerprint density at radius 3 is 2.47 bits per heavy atom. The van der Waals surface area contributed by atoms with Gasteiger partial charge in [-0.05, 0) is 57.2 Å². The molecule has 0 radical (unpaired) electrons. The third-order valence-electron chi connectivity index (χ3n) is 3.99. The van der Waals surface area contributed by atoms with Crippen molar-refractivity contribution >= 4 is 17.6 Å². The smallest absolute Gasteiger partial charge is 0.416 e. The van der Waals surface area contributed by atoms with Crippen molar-refractivity contribution in [1.82, 2.24) is 20.5 Å². The maximum Gasteiger partial charge on any atom is 0.416 e. The number of nitrogens with zero attached hydrogens (tertiary/aromatic N) is 3. The highest BCUT2D eigenvalue weighted by Gasteiger charge is 2.30. The number of alkyl halides is 3. The lowest BCUT2D eigenvalue weighted by molar-refractivity contribution is -0.137. The third kappa shape index (κ3) is 6.43. The summed E-state index contributed by atoms with van der Waals surface area (Å²) < 4.78 is 49.1. The maximum absolute atomic E-state index is 12.7. The quantitative estimate of drug-likeness (QED) is 0.548. The van der Waals surface area contributed by atoms with E-state index in [2.05, 4.69) is 25.8 Å². The van der Waals surface area contributed by atoms with Gasteiger partial charge in [-0.25, -0.2) is 9.78 Å². The number of aromatic nitrogens is 3. The predicted molar refractivity (Wildman–Crippen MR) is 110 cm³/mol. The Balaban J connectivity index is 1.66. The summed E-state index contributed by atoms with van der Waals surface area (Å²) >= 11 is 0. The first-order valence-electron chi connectivity index (χ1n) is 9.70. The lowest BCUT2D eigenvalue weighted by Crippen LogP contribution is -2.33. The molecule has 2 aromatic heterocycles. The molecule has 8 nitrogen and oxygen atoms in total. The molecule has 32 heavy (non-hydrogen) atoms. The highest BCUT2D eigenvalue weighted by atomic mass is 19.4. The maximum atomic E-state index is 12.7. The fourth-order valence-electron chi connectivity index (χ4n) is 2.61. The van der Waals surface area contributed by atoms with Crippen LogP contribution in [0, 0.1) is 0 Å². The monoisotopic (exact) mass is 449 g/mol.